The second-order valence-corrected chi connectivity index (χ2v) is 5.32. The molecule has 0 radical (unpaired) electrons. The Kier molecular flexibility index (Phi) is 7.10. The maximum atomic E-state index is 11.9. The van der Waals surface area contributed by atoms with Gasteiger partial charge in [-0.2, -0.15) is 0 Å². The van der Waals surface area contributed by atoms with E-state index in [0.29, 0.717) is 19.3 Å². The summed E-state index contributed by atoms with van der Waals surface area (Å²) < 4.78 is 5.39. The number of aliphatic hydroxyl groups excluding tert-OH is 2. The molecule has 1 aliphatic rings. The number of ether oxygens (including phenoxy) is 1. The molecule has 4 atom stereocenters. The summed E-state index contributed by atoms with van der Waals surface area (Å²) in [7, 11) is 0. The van der Waals surface area contributed by atoms with Crippen LogP contribution in [0.2, 0.25) is 0 Å². The van der Waals surface area contributed by atoms with E-state index in [1.807, 2.05) is 6.08 Å². The van der Waals surface area contributed by atoms with E-state index in [9.17, 15) is 15.0 Å². The molecule has 1 rings (SSSR count). The predicted octanol–water partition coefficient (Wildman–Crippen LogP) is 2.19. The van der Waals surface area contributed by atoms with Crippen molar-refractivity contribution in [3.8, 4) is 0 Å². The smallest absolute Gasteiger partial charge is 0.311 e. The third-order valence-electron chi connectivity index (χ3n) is 3.64. The quantitative estimate of drug-likeness (QED) is 0.467. The first-order valence-electron chi connectivity index (χ1n) is 7.29. The monoisotopic (exact) mass is 270 g/mol. The lowest BCUT2D eigenvalue weighted by molar-refractivity contribution is -0.163. The van der Waals surface area contributed by atoms with Crippen molar-refractivity contribution in [3.63, 3.8) is 0 Å². The average molecular weight is 270 g/mol. The zero-order valence-electron chi connectivity index (χ0n) is 11.9. The van der Waals surface area contributed by atoms with Gasteiger partial charge in [-0.05, 0) is 32.6 Å². The fraction of sp³-hybridized carbons (Fsp3) is 0.800. The average Bonchev–Trinajstić information content (AvgIpc) is 2.40. The minimum Gasteiger partial charge on any atom is -0.459 e. The van der Waals surface area contributed by atoms with Gasteiger partial charge in [-0.15, -0.1) is 0 Å². The van der Waals surface area contributed by atoms with Gasteiger partial charge in [-0.1, -0.05) is 31.9 Å². The van der Waals surface area contributed by atoms with Crippen LogP contribution >= 0.6 is 0 Å². The number of hydrogen-bond donors (Lipinski definition) is 2. The minimum absolute atomic E-state index is 0.431. The Balaban J connectivity index is 2.67. The van der Waals surface area contributed by atoms with Gasteiger partial charge in [-0.25, -0.2) is 0 Å². The Bertz CT molecular complexity index is 301. The van der Waals surface area contributed by atoms with Crippen molar-refractivity contribution in [3.05, 3.63) is 12.2 Å². The molecule has 1 unspecified atom stereocenters. The van der Waals surface area contributed by atoms with E-state index in [2.05, 4.69) is 6.92 Å². The number of cyclic esters (lactones) is 1. The van der Waals surface area contributed by atoms with E-state index in [0.717, 1.165) is 19.3 Å². The van der Waals surface area contributed by atoms with Gasteiger partial charge in [0.15, 0.2) is 0 Å². The molecule has 0 saturated heterocycles. The summed E-state index contributed by atoms with van der Waals surface area (Å²) in [6.07, 6.45) is 6.60. The zero-order chi connectivity index (χ0) is 14.3. The second-order valence-electron chi connectivity index (χ2n) is 5.32. The molecule has 0 fully saturated rings. The molecule has 0 saturated carbocycles. The molecule has 0 spiro atoms. The van der Waals surface area contributed by atoms with Gasteiger partial charge >= 0.3 is 5.97 Å². The molecule has 4 nitrogen and oxygen atoms in total. The van der Waals surface area contributed by atoms with Crippen LogP contribution in [-0.4, -0.2) is 34.5 Å². The maximum Gasteiger partial charge on any atom is 0.311 e. The summed E-state index contributed by atoms with van der Waals surface area (Å²) >= 11 is 0. The largest absolute Gasteiger partial charge is 0.459 e. The predicted molar refractivity (Wildman–Crippen MR) is 73.6 cm³/mol. The molecule has 0 amide bonds. The number of esters is 1. The van der Waals surface area contributed by atoms with Gasteiger partial charge in [0.05, 0.1) is 18.1 Å². The maximum absolute atomic E-state index is 11.9. The molecular formula is C15H26O4. The van der Waals surface area contributed by atoms with Crippen LogP contribution in [0, 0.1) is 5.92 Å². The summed E-state index contributed by atoms with van der Waals surface area (Å²) in [6.45, 7) is 3.76. The van der Waals surface area contributed by atoms with Crippen LogP contribution in [-0.2, 0) is 9.53 Å². The second kappa shape index (κ2) is 8.33. The topological polar surface area (TPSA) is 66.8 Å². The van der Waals surface area contributed by atoms with Gasteiger partial charge in [0, 0.05) is 0 Å². The number of aliphatic hydroxyl groups is 2. The summed E-state index contributed by atoms with van der Waals surface area (Å²) in [5.74, 6) is -1.02. The third kappa shape index (κ3) is 5.33. The summed E-state index contributed by atoms with van der Waals surface area (Å²) in [5.41, 5.74) is 0. The first kappa shape index (κ1) is 16.2. The van der Waals surface area contributed by atoms with Crippen LogP contribution in [0.1, 0.15) is 52.4 Å². The fourth-order valence-electron chi connectivity index (χ4n) is 2.18. The lowest BCUT2D eigenvalue weighted by atomic mass is 9.98. The number of rotatable bonds is 4. The van der Waals surface area contributed by atoms with Crippen molar-refractivity contribution in [1.82, 2.24) is 0 Å². The molecule has 19 heavy (non-hydrogen) atoms. The molecule has 0 aromatic rings. The highest BCUT2D eigenvalue weighted by molar-refractivity contribution is 5.73. The Hall–Kier alpha value is -0.870. The van der Waals surface area contributed by atoms with Crippen LogP contribution in [0.4, 0.5) is 0 Å². The van der Waals surface area contributed by atoms with Gasteiger partial charge in [-0.3, -0.25) is 4.79 Å². The van der Waals surface area contributed by atoms with Crippen molar-refractivity contribution in [2.75, 3.05) is 0 Å². The van der Waals surface area contributed by atoms with Crippen LogP contribution in [0.15, 0.2) is 12.2 Å². The molecule has 0 aliphatic carbocycles. The Labute approximate surface area is 115 Å². The number of hydrogen-bond acceptors (Lipinski definition) is 4. The first-order valence-corrected chi connectivity index (χ1v) is 7.29. The molecule has 0 bridgehead atoms. The normalized spacial score (nSPS) is 34.6. The molecule has 0 aromatic heterocycles. The van der Waals surface area contributed by atoms with Crippen LogP contribution < -0.4 is 0 Å². The van der Waals surface area contributed by atoms with Crippen molar-refractivity contribution in [2.45, 2.75) is 70.7 Å². The summed E-state index contributed by atoms with van der Waals surface area (Å²) in [5, 5.41) is 19.9. The van der Waals surface area contributed by atoms with Crippen molar-refractivity contribution in [1.29, 1.82) is 0 Å². The molecule has 110 valence electrons. The van der Waals surface area contributed by atoms with Crippen molar-refractivity contribution >= 4 is 5.97 Å². The van der Waals surface area contributed by atoms with E-state index in [1.54, 1.807) is 13.0 Å². The van der Waals surface area contributed by atoms with E-state index >= 15 is 0 Å². The van der Waals surface area contributed by atoms with Crippen LogP contribution in [0.25, 0.3) is 0 Å². The first-order chi connectivity index (χ1) is 9.06. The Morgan fingerprint density at radius 3 is 2.79 bits per heavy atom. The summed E-state index contributed by atoms with van der Waals surface area (Å²) in [6, 6.07) is 0. The van der Waals surface area contributed by atoms with Crippen LogP contribution in [0.3, 0.4) is 0 Å². The van der Waals surface area contributed by atoms with Crippen molar-refractivity contribution < 1.29 is 19.7 Å². The van der Waals surface area contributed by atoms with E-state index < -0.39 is 30.2 Å². The standard InChI is InChI=1S/C15H26O4/c1-3-4-5-10-14-13(17)9-7-6-8-12(16)11(2)15(18)19-14/h6,8,11-14,16-17H,3-5,7,9-10H2,1-2H3/b8-6+/t11-,12+,13-,14?/m0/s1. The molecule has 0 aromatic carbocycles. The highest BCUT2D eigenvalue weighted by Crippen LogP contribution is 2.19. The van der Waals surface area contributed by atoms with E-state index in [4.69, 9.17) is 4.74 Å². The van der Waals surface area contributed by atoms with Gasteiger partial charge < -0.3 is 14.9 Å². The van der Waals surface area contributed by atoms with Gasteiger partial charge in [0.1, 0.15) is 6.10 Å². The molecule has 2 N–H and O–H groups in total. The molecule has 4 heteroatoms. The Morgan fingerprint density at radius 1 is 1.37 bits per heavy atom. The minimum atomic E-state index is -0.806. The number of allylic oxidation sites excluding steroid dienone is 1. The summed E-state index contributed by atoms with van der Waals surface area (Å²) in [4.78, 5) is 11.9. The highest BCUT2D eigenvalue weighted by Gasteiger charge is 2.28. The van der Waals surface area contributed by atoms with Crippen molar-refractivity contribution in [2.24, 2.45) is 5.92 Å². The number of carbonyl (C=O) groups excluding carboxylic acids is 1. The fourth-order valence-corrected chi connectivity index (χ4v) is 2.18. The van der Waals surface area contributed by atoms with Gasteiger partial charge in [0.25, 0.3) is 0 Å². The molecular weight excluding hydrogens is 244 g/mol. The number of carbonyl (C=O) groups is 1. The lowest BCUT2D eigenvalue weighted by Gasteiger charge is -2.26. The SMILES string of the molecule is CCCCCC1OC(=O)[C@@H](C)[C@H](O)/C=C/CC[C@@H]1O. The highest BCUT2D eigenvalue weighted by atomic mass is 16.6. The van der Waals surface area contributed by atoms with Gasteiger partial charge in [0.2, 0.25) is 0 Å². The molecule has 1 heterocycles. The Morgan fingerprint density at radius 2 is 2.11 bits per heavy atom. The third-order valence-corrected chi connectivity index (χ3v) is 3.64. The van der Waals surface area contributed by atoms with Crippen LogP contribution in [0.5, 0.6) is 0 Å². The van der Waals surface area contributed by atoms with E-state index in [-0.39, 0.29) is 0 Å². The van der Waals surface area contributed by atoms with E-state index in [1.165, 1.54) is 0 Å². The number of unbranched alkanes of at least 4 members (excludes halogenated alkanes) is 2. The lowest BCUT2D eigenvalue weighted by Crippen LogP contribution is -2.36. The zero-order valence-corrected chi connectivity index (χ0v) is 11.9. The molecule has 1 aliphatic heterocycles.